The van der Waals surface area contributed by atoms with E-state index < -0.39 is 11.2 Å². The van der Waals surface area contributed by atoms with Crippen LogP contribution in [-0.4, -0.2) is 50.5 Å². The van der Waals surface area contributed by atoms with Crippen molar-refractivity contribution in [3.05, 3.63) is 75.6 Å². The summed E-state index contributed by atoms with van der Waals surface area (Å²) in [6, 6.07) is 15.3. The number of rotatable bonds is 8. The number of nitrogens with zero attached hydrogens (tertiary/aromatic N) is 5. The molecule has 0 aliphatic rings. The average Bonchev–Trinajstić information content (AvgIpc) is 3.46. The summed E-state index contributed by atoms with van der Waals surface area (Å²) in [7, 11) is 4.80. The van der Waals surface area contributed by atoms with Gasteiger partial charge in [-0.3, -0.25) is 22.9 Å². The molecule has 0 saturated heterocycles. The molecule has 0 amide bonds. The van der Waals surface area contributed by atoms with Crippen LogP contribution in [0, 0.1) is 0 Å². The molecule has 3 aromatic heterocycles. The van der Waals surface area contributed by atoms with Gasteiger partial charge in [0, 0.05) is 31.5 Å². The van der Waals surface area contributed by atoms with E-state index in [0.29, 0.717) is 40.7 Å². The van der Waals surface area contributed by atoms with Gasteiger partial charge in [0.2, 0.25) is 5.78 Å². The van der Waals surface area contributed by atoms with Gasteiger partial charge in [0.25, 0.3) is 5.56 Å². The van der Waals surface area contributed by atoms with E-state index in [2.05, 4.69) is 0 Å². The fraction of sp³-hybridized carbons (Fsp3) is 0.269. The maximum Gasteiger partial charge on any atom is 0.332 e. The van der Waals surface area contributed by atoms with Gasteiger partial charge in [-0.25, -0.2) is 4.79 Å². The van der Waals surface area contributed by atoms with Crippen molar-refractivity contribution in [1.82, 2.24) is 23.1 Å². The molecule has 10 heteroatoms. The number of ether oxygens (including phenoxy) is 3. The Bertz CT molecular complexity index is 1680. The predicted molar refractivity (Wildman–Crippen MR) is 137 cm³/mol. The van der Waals surface area contributed by atoms with E-state index in [1.165, 1.54) is 9.13 Å². The molecule has 0 bridgehead atoms. The maximum absolute atomic E-state index is 13.6. The number of imidazole rings is 2. The van der Waals surface area contributed by atoms with Gasteiger partial charge in [-0.1, -0.05) is 30.3 Å². The summed E-state index contributed by atoms with van der Waals surface area (Å²) < 4.78 is 22.8. The Kier molecular flexibility index (Phi) is 6.11. The molecule has 5 rings (SSSR count). The van der Waals surface area contributed by atoms with E-state index in [1.807, 2.05) is 66.2 Å². The van der Waals surface area contributed by atoms with E-state index in [1.54, 1.807) is 25.7 Å². The summed E-state index contributed by atoms with van der Waals surface area (Å²) in [5.41, 5.74) is 2.13. The van der Waals surface area contributed by atoms with Crippen LogP contribution >= 0.6 is 0 Å². The zero-order valence-electron chi connectivity index (χ0n) is 20.6. The quantitative estimate of drug-likeness (QED) is 0.311. The Morgan fingerprint density at radius 1 is 1.00 bits per heavy atom. The Hall–Kier alpha value is -4.31. The predicted octanol–water partition coefficient (Wildman–Crippen LogP) is 2.86. The van der Waals surface area contributed by atoms with Gasteiger partial charge in [-0.15, -0.1) is 0 Å². The molecule has 186 valence electrons. The Balaban J connectivity index is 1.89. The lowest BCUT2D eigenvalue weighted by Gasteiger charge is -2.14. The zero-order chi connectivity index (χ0) is 25.4. The van der Waals surface area contributed by atoms with Crippen LogP contribution in [0.4, 0.5) is 0 Å². The van der Waals surface area contributed by atoms with Crippen molar-refractivity contribution in [1.29, 1.82) is 0 Å². The normalized spacial score (nSPS) is 11.4. The van der Waals surface area contributed by atoms with Gasteiger partial charge >= 0.3 is 5.69 Å². The van der Waals surface area contributed by atoms with Crippen molar-refractivity contribution in [2.24, 2.45) is 7.05 Å². The van der Waals surface area contributed by atoms with Crippen molar-refractivity contribution >= 4 is 16.9 Å². The number of benzene rings is 2. The zero-order valence-corrected chi connectivity index (χ0v) is 20.6. The van der Waals surface area contributed by atoms with Crippen LogP contribution in [0.2, 0.25) is 0 Å². The summed E-state index contributed by atoms with van der Waals surface area (Å²) in [4.78, 5) is 31.3. The molecule has 0 atom stereocenters. The lowest BCUT2D eigenvalue weighted by molar-refractivity contribution is 0.137. The van der Waals surface area contributed by atoms with Gasteiger partial charge in [-0.05, 0) is 19.1 Å². The van der Waals surface area contributed by atoms with Gasteiger partial charge in [0.15, 0.2) is 11.2 Å². The number of fused-ring (bicyclic) bond motifs is 3. The third kappa shape index (κ3) is 3.66. The molecule has 10 nitrogen and oxygen atoms in total. The molecule has 0 saturated carbocycles. The monoisotopic (exact) mass is 489 g/mol. The van der Waals surface area contributed by atoms with E-state index in [9.17, 15) is 9.59 Å². The van der Waals surface area contributed by atoms with Crippen LogP contribution in [0.1, 0.15) is 6.92 Å². The highest BCUT2D eigenvalue weighted by molar-refractivity contribution is 5.80. The first kappa shape index (κ1) is 23.4. The molecule has 0 unspecified atom stereocenters. The summed E-state index contributed by atoms with van der Waals surface area (Å²) in [6.45, 7) is 2.78. The standard InChI is InChI=1S/C26H27N5O5/c1-5-36-14-13-29-24(32)22-23(28(2)26(29)33)27-25-30(22)16-20(17-9-7-6-8-10-17)31(25)19-15-18(34-3)11-12-21(19)35-4/h6-12,15-16H,5,13-14H2,1-4H3. The molecule has 0 radical (unpaired) electrons. The minimum atomic E-state index is -0.443. The molecule has 0 aliphatic heterocycles. The lowest BCUT2D eigenvalue weighted by atomic mass is 10.1. The van der Waals surface area contributed by atoms with E-state index >= 15 is 0 Å². The SMILES string of the molecule is CCOCCn1c(=O)c2c(nc3n(-c4cc(OC)ccc4OC)c(-c4ccccc4)cn23)n(C)c1=O. The van der Waals surface area contributed by atoms with Crippen LogP contribution in [0.25, 0.3) is 33.9 Å². The fourth-order valence-electron chi connectivity index (χ4n) is 4.41. The largest absolute Gasteiger partial charge is 0.497 e. The van der Waals surface area contributed by atoms with Crippen LogP contribution in [0.15, 0.2) is 64.3 Å². The van der Waals surface area contributed by atoms with Gasteiger partial charge < -0.3 is 14.2 Å². The molecule has 0 N–H and O–H groups in total. The van der Waals surface area contributed by atoms with Crippen molar-refractivity contribution in [2.45, 2.75) is 13.5 Å². The van der Waals surface area contributed by atoms with Gasteiger partial charge in [0.1, 0.15) is 11.5 Å². The van der Waals surface area contributed by atoms with Gasteiger partial charge in [-0.2, -0.15) is 4.98 Å². The third-order valence-corrected chi connectivity index (χ3v) is 6.21. The van der Waals surface area contributed by atoms with Crippen LogP contribution in [-0.2, 0) is 18.3 Å². The summed E-state index contributed by atoms with van der Waals surface area (Å²) in [6.07, 6.45) is 1.86. The number of hydrogen-bond donors (Lipinski definition) is 0. The molecule has 5 aromatic rings. The lowest BCUT2D eigenvalue weighted by Crippen LogP contribution is -2.40. The number of hydrogen-bond acceptors (Lipinski definition) is 6. The van der Waals surface area contributed by atoms with Crippen molar-refractivity contribution in [3.63, 3.8) is 0 Å². The highest BCUT2D eigenvalue weighted by Crippen LogP contribution is 2.35. The average molecular weight is 490 g/mol. The van der Waals surface area contributed by atoms with Crippen molar-refractivity contribution in [3.8, 4) is 28.4 Å². The Labute approximate surface area is 206 Å². The number of methoxy groups -OCH3 is 2. The molecule has 36 heavy (non-hydrogen) atoms. The van der Waals surface area contributed by atoms with E-state index in [4.69, 9.17) is 19.2 Å². The Morgan fingerprint density at radius 2 is 1.78 bits per heavy atom. The van der Waals surface area contributed by atoms with E-state index in [0.717, 1.165) is 11.3 Å². The van der Waals surface area contributed by atoms with Gasteiger partial charge in [0.05, 0.1) is 38.8 Å². The third-order valence-electron chi connectivity index (χ3n) is 6.21. The minimum Gasteiger partial charge on any atom is -0.497 e. The minimum absolute atomic E-state index is 0.151. The fourth-order valence-corrected chi connectivity index (χ4v) is 4.41. The number of aromatic nitrogens is 5. The highest BCUT2D eigenvalue weighted by Gasteiger charge is 2.24. The molecule has 0 fully saturated rings. The Morgan fingerprint density at radius 3 is 2.47 bits per heavy atom. The summed E-state index contributed by atoms with van der Waals surface area (Å²) >= 11 is 0. The molecule has 0 spiro atoms. The molecule has 0 aliphatic carbocycles. The van der Waals surface area contributed by atoms with Crippen LogP contribution in [0.3, 0.4) is 0 Å². The second-order valence-electron chi connectivity index (χ2n) is 8.20. The van der Waals surface area contributed by atoms with Crippen LogP contribution < -0.4 is 20.7 Å². The topological polar surface area (TPSA) is 93.9 Å². The first-order chi connectivity index (χ1) is 17.5. The first-order valence-electron chi connectivity index (χ1n) is 11.6. The molecular formula is C26H27N5O5. The first-order valence-corrected chi connectivity index (χ1v) is 11.6. The molecule has 3 heterocycles. The van der Waals surface area contributed by atoms with Crippen LogP contribution in [0.5, 0.6) is 11.5 Å². The smallest absolute Gasteiger partial charge is 0.332 e. The highest BCUT2D eigenvalue weighted by atomic mass is 16.5. The molecule has 2 aromatic carbocycles. The summed E-state index contributed by atoms with van der Waals surface area (Å²) in [5, 5.41) is 0. The second kappa shape index (κ2) is 9.38. The van der Waals surface area contributed by atoms with E-state index in [-0.39, 0.29) is 13.2 Å². The second-order valence-corrected chi connectivity index (χ2v) is 8.20. The van der Waals surface area contributed by atoms with Crippen molar-refractivity contribution < 1.29 is 14.2 Å². The molecular weight excluding hydrogens is 462 g/mol. The van der Waals surface area contributed by atoms with Crippen molar-refractivity contribution in [2.75, 3.05) is 27.4 Å². The summed E-state index contributed by atoms with van der Waals surface area (Å²) in [5.74, 6) is 1.70. The maximum atomic E-state index is 13.6. The number of aryl methyl sites for hydroxylation is 1.